The molecular weight excluding hydrogens is 258 g/mol. The molecule has 4 aliphatic carbocycles. The lowest BCUT2D eigenvalue weighted by molar-refractivity contribution is -0.0116. The molecule has 0 amide bonds. The van der Waals surface area contributed by atoms with Gasteiger partial charge in [0.1, 0.15) is 11.6 Å². The van der Waals surface area contributed by atoms with Gasteiger partial charge >= 0.3 is 0 Å². The van der Waals surface area contributed by atoms with E-state index in [9.17, 15) is 0 Å². The van der Waals surface area contributed by atoms with Crippen molar-refractivity contribution >= 4 is 0 Å². The van der Waals surface area contributed by atoms with Crippen LogP contribution in [-0.4, -0.2) is 14.8 Å². The van der Waals surface area contributed by atoms with Crippen molar-refractivity contribution in [3.8, 4) is 0 Å². The Morgan fingerprint density at radius 1 is 0.905 bits per heavy atom. The smallest absolute Gasteiger partial charge is 0.139 e. The Labute approximate surface area is 128 Å². The fraction of sp³-hybridized carbons (Fsp3) is 0.889. The number of rotatable bonds is 3. The number of aromatic nitrogens is 3. The molecule has 1 heterocycles. The average molecular weight is 287 g/mol. The molecule has 0 radical (unpaired) electrons. The first kappa shape index (κ1) is 13.8. The van der Waals surface area contributed by atoms with E-state index in [1.807, 2.05) is 0 Å². The summed E-state index contributed by atoms with van der Waals surface area (Å²) in [4.78, 5) is 0. The van der Waals surface area contributed by atoms with Crippen molar-refractivity contribution in [3.63, 3.8) is 0 Å². The summed E-state index contributed by atoms with van der Waals surface area (Å²) >= 11 is 0. The van der Waals surface area contributed by atoms with Crippen molar-refractivity contribution in [3.05, 3.63) is 11.6 Å². The normalized spacial score (nSPS) is 37.9. The second-order valence-electron chi connectivity index (χ2n) is 8.70. The zero-order valence-electron chi connectivity index (χ0n) is 14.0. The van der Waals surface area contributed by atoms with Gasteiger partial charge < -0.3 is 4.57 Å². The van der Waals surface area contributed by atoms with Crippen LogP contribution >= 0.6 is 0 Å². The second-order valence-corrected chi connectivity index (χ2v) is 8.70. The summed E-state index contributed by atoms with van der Waals surface area (Å²) < 4.78 is 2.48. The Hall–Kier alpha value is -0.860. The summed E-state index contributed by atoms with van der Waals surface area (Å²) in [6.45, 7) is 9.07. The maximum Gasteiger partial charge on any atom is 0.139 e. The Kier molecular flexibility index (Phi) is 3.00. The molecular formula is C18H29N3. The minimum absolute atomic E-state index is 0.360. The van der Waals surface area contributed by atoms with Crippen molar-refractivity contribution in [2.24, 2.45) is 17.8 Å². The molecule has 4 aliphatic rings. The summed E-state index contributed by atoms with van der Waals surface area (Å²) in [6.07, 6.45) is 8.61. The Morgan fingerprint density at radius 3 is 1.86 bits per heavy atom. The first-order valence-corrected chi connectivity index (χ1v) is 8.94. The van der Waals surface area contributed by atoms with Crippen LogP contribution < -0.4 is 0 Å². The molecule has 4 bridgehead atoms. The van der Waals surface area contributed by atoms with Crippen molar-refractivity contribution < 1.29 is 0 Å². The summed E-state index contributed by atoms with van der Waals surface area (Å²) in [6, 6.07) is 0.473. The van der Waals surface area contributed by atoms with E-state index in [-0.39, 0.29) is 0 Å². The van der Waals surface area contributed by atoms with Gasteiger partial charge in [-0.3, -0.25) is 0 Å². The van der Waals surface area contributed by atoms with E-state index in [0.717, 1.165) is 17.8 Å². The van der Waals surface area contributed by atoms with Crippen LogP contribution in [0.4, 0.5) is 0 Å². The minimum Gasteiger partial charge on any atom is -0.312 e. The molecule has 3 nitrogen and oxygen atoms in total. The SMILES string of the molecule is CC(C)c1nnc(C23CC4CC(CC(C4)C2)C3)n1C(C)C. The molecule has 3 heteroatoms. The van der Waals surface area contributed by atoms with Crippen molar-refractivity contribution in [1.29, 1.82) is 0 Å². The standard InChI is InChI=1S/C18H29N3/c1-11(2)16-19-20-17(21(16)12(3)4)18-8-13-5-14(9-18)7-15(6-13)10-18/h11-15H,5-10H2,1-4H3. The molecule has 0 saturated heterocycles. The molecule has 116 valence electrons. The fourth-order valence-electron chi connectivity index (χ4n) is 5.95. The van der Waals surface area contributed by atoms with Gasteiger partial charge in [0.25, 0.3) is 0 Å². The zero-order chi connectivity index (χ0) is 14.8. The lowest BCUT2D eigenvalue weighted by atomic mass is 9.49. The summed E-state index contributed by atoms with van der Waals surface area (Å²) in [7, 11) is 0. The molecule has 0 atom stereocenters. The predicted molar refractivity (Wildman–Crippen MR) is 84.3 cm³/mol. The molecule has 0 unspecified atom stereocenters. The van der Waals surface area contributed by atoms with Gasteiger partial charge in [-0.1, -0.05) is 13.8 Å². The van der Waals surface area contributed by atoms with E-state index in [1.54, 1.807) is 0 Å². The molecule has 0 spiro atoms. The first-order chi connectivity index (χ1) is 9.98. The molecule has 0 aliphatic heterocycles. The van der Waals surface area contributed by atoms with Gasteiger partial charge in [0.15, 0.2) is 0 Å². The molecule has 21 heavy (non-hydrogen) atoms. The number of hydrogen-bond donors (Lipinski definition) is 0. The van der Waals surface area contributed by atoms with E-state index >= 15 is 0 Å². The average Bonchev–Trinajstić information content (AvgIpc) is 2.82. The lowest BCUT2D eigenvalue weighted by Crippen LogP contribution is -2.50. The Morgan fingerprint density at radius 2 is 1.43 bits per heavy atom. The number of hydrogen-bond acceptors (Lipinski definition) is 2. The van der Waals surface area contributed by atoms with E-state index < -0.39 is 0 Å². The lowest BCUT2D eigenvalue weighted by Gasteiger charge is -2.56. The van der Waals surface area contributed by atoms with Gasteiger partial charge in [-0.25, -0.2) is 0 Å². The van der Waals surface area contributed by atoms with Gasteiger partial charge in [-0.15, -0.1) is 10.2 Å². The summed E-state index contributed by atoms with van der Waals surface area (Å²) in [5, 5.41) is 9.37. The van der Waals surface area contributed by atoms with Gasteiger partial charge in [0.2, 0.25) is 0 Å². The topological polar surface area (TPSA) is 30.7 Å². The number of nitrogens with zero attached hydrogens (tertiary/aromatic N) is 3. The monoisotopic (exact) mass is 287 g/mol. The third kappa shape index (κ3) is 1.99. The van der Waals surface area contributed by atoms with Crippen LogP contribution in [0.1, 0.15) is 89.8 Å². The third-order valence-electron chi connectivity index (χ3n) is 6.27. The molecule has 5 rings (SSSR count). The summed E-state index contributed by atoms with van der Waals surface area (Å²) in [5.74, 6) is 5.89. The van der Waals surface area contributed by atoms with Crippen molar-refractivity contribution in [2.75, 3.05) is 0 Å². The van der Waals surface area contributed by atoms with Crippen LogP contribution in [0.2, 0.25) is 0 Å². The minimum atomic E-state index is 0.360. The first-order valence-electron chi connectivity index (χ1n) is 8.94. The van der Waals surface area contributed by atoms with Crippen LogP contribution in [0.15, 0.2) is 0 Å². The third-order valence-corrected chi connectivity index (χ3v) is 6.27. The molecule has 1 aromatic heterocycles. The van der Waals surface area contributed by atoms with E-state index in [1.165, 1.54) is 50.2 Å². The van der Waals surface area contributed by atoms with Crippen LogP contribution in [-0.2, 0) is 5.41 Å². The highest BCUT2D eigenvalue weighted by atomic mass is 15.3. The Bertz CT molecular complexity index is 505. The van der Waals surface area contributed by atoms with Crippen LogP contribution in [0.25, 0.3) is 0 Å². The van der Waals surface area contributed by atoms with E-state index in [4.69, 9.17) is 5.10 Å². The van der Waals surface area contributed by atoms with Crippen LogP contribution in [0.3, 0.4) is 0 Å². The fourth-order valence-corrected chi connectivity index (χ4v) is 5.95. The molecule has 0 N–H and O–H groups in total. The van der Waals surface area contributed by atoms with Gasteiger partial charge in [0, 0.05) is 17.4 Å². The van der Waals surface area contributed by atoms with E-state index in [0.29, 0.717) is 17.4 Å². The van der Waals surface area contributed by atoms with Gasteiger partial charge in [-0.05, 0) is 70.1 Å². The second kappa shape index (κ2) is 4.57. The summed E-state index contributed by atoms with van der Waals surface area (Å²) in [5.41, 5.74) is 0.360. The quantitative estimate of drug-likeness (QED) is 0.822. The highest BCUT2D eigenvalue weighted by molar-refractivity contribution is 5.20. The zero-order valence-corrected chi connectivity index (χ0v) is 14.0. The molecule has 4 fully saturated rings. The van der Waals surface area contributed by atoms with Crippen LogP contribution in [0.5, 0.6) is 0 Å². The molecule has 4 saturated carbocycles. The predicted octanol–water partition coefficient (Wildman–Crippen LogP) is 4.45. The highest BCUT2D eigenvalue weighted by Gasteiger charge is 2.54. The van der Waals surface area contributed by atoms with Crippen LogP contribution in [0, 0.1) is 17.8 Å². The van der Waals surface area contributed by atoms with Crippen molar-refractivity contribution in [1.82, 2.24) is 14.8 Å². The maximum atomic E-state index is 4.76. The largest absolute Gasteiger partial charge is 0.312 e. The van der Waals surface area contributed by atoms with Gasteiger partial charge in [-0.2, -0.15) is 0 Å². The van der Waals surface area contributed by atoms with E-state index in [2.05, 4.69) is 37.4 Å². The Balaban J connectivity index is 1.80. The highest BCUT2D eigenvalue weighted by Crippen LogP contribution is 2.60. The molecule has 1 aromatic rings. The maximum absolute atomic E-state index is 4.76. The van der Waals surface area contributed by atoms with Gasteiger partial charge in [0.05, 0.1) is 0 Å². The molecule has 0 aromatic carbocycles. The van der Waals surface area contributed by atoms with Crippen molar-refractivity contribution in [2.45, 2.75) is 83.6 Å².